The summed E-state index contributed by atoms with van der Waals surface area (Å²) in [7, 11) is 1.31. The molecule has 0 aliphatic heterocycles. The second-order valence-corrected chi connectivity index (χ2v) is 5.15. The third-order valence-corrected chi connectivity index (χ3v) is 3.95. The fourth-order valence-corrected chi connectivity index (χ4v) is 3.08. The summed E-state index contributed by atoms with van der Waals surface area (Å²) in [6, 6.07) is 0. The Bertz CT molecular complexity index is 428. The highest BCUT2D eigenvalue weighted by Crippen LogP contribution is 2.49. The lowest BCUT2D eigenvalue weighted by molar-refractivity contribution is -0.241. The number of hydrogen-bond acceptors (Lipinski definition) is 3. The number of carbonyl (C=O) groups excluding carboxylic acids is 1. The number of ether oxygens (including phenoxy) is 2. The molecule has 0 aromatic carbocycles. The first-order chi connectivity index (χ1) is 9.39. The van der Waals surface area contributed by atoms with Crippen molar-refractivity contribution in [3.05, 3.63) is 24.3 Å². The number of allylic oxidation sites excluding steroid dienone is 4. The lowest BCUT2D eigenvalue weighted by Gasteiger charge is -2.36. The molecule has 2 aliphatic carbocycles. The fraction of sp³-hybridized carbons (Fsp3) is 0.643. The van der Waals surface area contributed by atoms with Crippen LogP contribution in [0.2, 0.25) is 0 Å². The van der Waals surface area contributed by atoms with Gasteiger partial charge in [-0.1, -0.05) is 24.6 Å². The molecule has 6 heteroatoms. The third kappa shape index (κ3) is 2.96. The van der Waals surface area contributed by atoms with Crippen LogP contribution in [0.4, 0.5) is 13.2 Å². The molecule has 0 aromatic rings. The van der Waals surface area contributed by atoms with Gasteiger partial charge in [-0.25, -0.2) is 0 Å². The van der Waals surface area contributed by atoms with Gasteiger partial charge in [-0.15, -0.1) is 0 Å². The second kappa shape index (κ2) is 5.69. The van der Waals surface area contributed by atoms with Gasteiger partial charge < -0.3 is 9.47 Å². The number of carbonyl (C=O) groups is 1. The van der Waals surface area contributed by atoms with Crippen LogP contribution >= 0.6 is 0 Å². The third-order valence-electron chi connectivity index (χ3n) is 3.95. The predicted octanol–water partition coefficient (Wildman–Crippen LogP) is 3.02. The molecule has 0 N–H and O–H groups in total. The van der Waals surface area contributed by atoms with Crippen LogP contribution in [0.15, 0.2) is 24.3 Å². The summed E-state index contributed by atoms with van der Waals surface area (Å²) in [5.74, 6) is -0.469. The molecule has 0 saturated heterocycles. The SMILES string of the molecule is COC(OCC(F)(F)F)C1CCCC12C=CC=CC2=O. The molecule has 0 bridgehead atoms. The molecule has 0 aromatic heterocycles. The maximum absolute atomic E-state index is 12.3. The number of halogens is 3. The Balaban J connectivity index is 2.14. The first-order valence-electron chi connectivity index (χ1n) is 6.50. The minimum atomic E-state index is -4.41. The summed E-state index contributed by atoms with van der Waals surface area (Å²) in [6.45, 7) is -1.37. The van der Waals surface area contributed by atoms with Crippen molar-refractivity contribution in [3.63, 3.8) is 0 Å². The first-order valence-corrected chi connectivity index (χ1v) is 6.50. The van der Waals surface area contributed by atoms with Gasteiger partial charge >= 0.3 is 6.18 Å². The van der Waals surface area contributed by atoms with E-state index in [-0.39, 0.29) is 11.7 Å². The Kier molecular flexibility index (Phi) is 4.34. The van der Waals surface area contributed by atoms with Crippen LogP contribution in [0.3, 0.4) is 0 Å². The van der Waals surface area contributed by atoms with Gasteiger partial charge in [0, 0.05) is 13.0 Å². The van der Waals surface area contributed by atoms with Gasteiger partial charge in [0.2, 0.25) is 0 Å². The molecule has 1 fully saturated rings. The molecule has 3 atom stereocenters. The second-order valence-electron chi connectivity index (χ2n) is 5.15. The maximum atomic E-state index is 12.3. The zero-order valence-corrected chi connectivity index (χ0v) is 11.2. The molecule has 0 radical (unpaired) electrons. The maximum Gasteiger partial charge on any atom is 0.411 e. The van der Waals surface area contributed by atoms with Gasteiger partial charge in [-0.3, -0.25) is 4.79 Å². The highest BCUT2D eigenvalue weighted by atomic mass is 19.4. The van der Waals surface area contributed by atoms with Crippen LogP contribution in [0.5, 0.6) is 0 Å². The van der Waals surface area contributed by atoms with Crippen LogP contribution in [0.1, 0.15) is 19.3 Å². The standard InChI is InChI=1S/C14H17F3O3/c1-19-12(20-9-14(15,16)17)10-5-4-8-13(10)7-3-2-6-11(13)18/h2-3,6-7,10,12H,4-5,8-9H2,1H3. The van der Waals surface area contributed by atoms with Crippen molar-refractivity contribution in [2.75, 3.05) is 13.7 Å². The van der Waals surface area contributed by atoms with Gasteiger partial charge in [-0.2, -0.15) is 13.2 Å². The molecule has 0 heterocycles. The van der Waals surface area contributed by atoms with Gasteiger partial charge in [0.05, 0.1) is 5.41 Å². The fourth-order valence-electron chi connectivity index (χ4n) is 3.08. The van der Waals surface area contributed by atoms with Crippen LogP contribution in [0, 0.1) is 11.3 Å². The monoisotopic (exact) mass is 290 g/mol. The number of rotatable bonds is 4. The minimum absolute atomic E-state index is 0.0832. The average Bonchev–Trinajstić information content (AvgIpc) is 2.78. The molecule has 3 nitrogen and oxygen atoms in total. The van der Waals surface area contributed by atoms with Gasteiger partial charge in [0.15, 0.2) is 12.1 Å². The van der Waals surface area contributed by atoms with Crippen LogP contribution in [-0.4, -0.2) is 32.0 Å². The summed E-state index contributed by atoms with van der Waals surface area (Å²) in [6.07, 6.45) is 3.20. The van der Waals surface area contributed by atoms with E-state index >= 15 is 0 Å². The van der Waals surface area contributed by atoms with E-state index < -0.39 is 24.5 Å². The first kappa shape index (κ1) is 15.3. The van der Waals surface area contributed by atoms with Gasteiger partial charge in [0.25, 0.3) is 0 Å². The van der Waals surface area contributed by atoms with Crippen LogP contribution < -0.4 is 0 Å². The molecule has 3 unspecified atom stereocenters. The van der Waals surface area contributed by atoms with Crippen LogP contribution in [0.25, 0.3) is 0 Å². The predicted molar refractivity (Wildman–Crippen MR) is 65.9 cm³/mol. The van der Waals surface area contributed by atoms with Crippen molar-refractivity contribution < 1.29 is 27.4 Å². The minimum Gasteiger partial charge on any atom is -0.356 e. The Morgan fingerprint density at radius 1 is 1.45 bits per heavy atom. The van der Waals surface area contributed by atoms with E-state index in [0.717, 1.165) is 6.42 Å². The Morgan fingerprint density at radius 2 is 2.20 bits per heavy atom. The molecule has 2 aliphatic rings. The molecule has 2 rings (SSSR count). The lowest BCUT2D eigenvalue weighted by atomic mass is 9.72. The zero-order chi connectivity index (χ0) is 14.8. The Labute approximate surface area is 115 Å². The molecular formula is C14H17F3O3. The number of hydrogen-bond donors (Lipinski definition) is 0. The van der Waals surface area contributed by atoms with E-state index in [9.17, 15) is 18.0 Å². The molecule has 1 spiro atoms. The molecule has 1 saturated carbocycles. The van der Waals surface area contributed by atoms with E-state index in [1.165, 1.54) is 13.2 Å². The smallest absolute Gasteiger partial charge is 0.356 e. The number of methoxy groups -OCH3 is 1. The normalized spacial score (nSPS) is 31.2. The number of alkyl halides is 3. The topological polar surface area (TPSA) is 35.5 Å². The van der Waals surface area contributed by atoms with Crippen molar-refractivity contribution in [3.8, 4) is 0 Å². The quantitative estimate of drug-likeness (QED) is 0.747. The van der Waals surface area contributed by atoms with Crippen molar-refractivity contribution in [2.24, 2.45) is 11.3 Å². The van der Waals surface area contributed by atoms with E-state index in [0.29, 0.717) is 12.8 Å². The summed E-state index contributed by atoms with van der Waals surface area (Å²) < 4.78 is 46.8. The number of ketones is 1. The molecule has 112 valence electrons. The highest BCUT2D eigenvalue weighted by Gasteiger charge is 2.50. The summed E-state index contributed by atoms with van der Waals surface area (Å²) >= 11 is 0. The van der Waals surface area contributed by atoms with E-state index in [4.69, 9.17) is 9.47 Å². The Hall–Kier alpha value is -1.14. The van der Waals surface area contributed by atoms with E-state index in [1.807, 2.05) is 0 Å². The highest BCUT2D eigenvalue weighted by molar-refractivity contribution is 5.98. The molecule has 0 amide bonds. The molecule has 20 heavy (non-hydrogen) atoms. The van der Waals surface area contributed by atoms with Gasteiger partial charge in [0.1, 0.15) is 6.61 Å². The van der Waals surface area contributed by atoms with E-state index in [1.54, 1.807) is 18.2 Å². The zero-order valence-electron chi connectivity index (χ0n) is 11.2. The molecular weight excluding hydrogens is 273 g/mol. The van der Waals surface area contributed by atoms with Gasteiger partial charge in [-0.05, 0) is 18.9 Å². The van der Waals surface area contributed by atoms with Crippen LogP contribution in [-0.2, 0) is 14.3 Å². The van der Waals surface area contributed by atoms with Crippen molar-refractivity contribution in [1.29, 1.82) is 0 Å². The largest absolute Gasteiger partial charge is 0.411 e. The van der Waals surface area contributed by atoms with Crippen molar-refractivity contribution in [2.45, 2.75) is 31.7 Å². The average molecular weight is 290 g/mol. The van der Waals surface area contributed by atoms with E-state index in [2.05, 4.69) is 0 Å². The summed E-state index contributed by atoms with van der Waals surface area (Å²) in [5.41, 5.74) is -0.777. The Morgan fingerprint density at radius 3 is 2.80 bits per heavy atom. The summed E-state index contributed by atoms with van der Waals surface area (Å²) in [4.78, 5) is 12.2. The van der Waals surface area contributed by atoms with Crippen molar-refractivity contribution >= 4 is 5.78 Å². The lowest BCUT2D eigenvalue weighted by Crippen LogP contribution is -2.42. The van der Waals surface area contributed by atoms with Crippen molar-refractivity contribution in [1.82, 2.24) is 0 Å². The summed E-state index contributed by atoms with van der Waals surface area (Å²) in [5, 5.41) is 0.